The zero-order valence-corrected chi connectivity index (χ0v) is 9.39. The average Bonchev–Trinajstić information content (AvgIpc) is 2.37. The lowest BCUT2D eigenvalue weighted by Gasteiger charge is -2.08. The minimum atomic E-state index is -1.74. The number of fused-ring (bicyclic) bond motifs is 1. The summed E-state index contributed by atoms with van der Waals surface area (Å²) in [7, 11) is 0. The Kier molecular flexibility index (Phi) is 3.32. The molecule has 1 unspecified atom stereocenters. The van der Waals surface area contributed by atoms with E-state index in [0.717, 1.165) is 10.9 Å². The standard InChI is InChI=1S/C13H12FNO2/c1-2-17-13(16)12(14)10-5-6-11-9(8-10)4-3-7-15-11/h3-8,12H,2H2,1H3. The molecule has 0 aliphatic carbocycles. The number of pyridine rings is 1. The highest BCUT2D eigenvalue weighted by Crippen LogP contribution is 2.22. The number of ether oxygens (including phenoxy) is 1. The number of hydrogen-bond acceptors (Lipinski definition) is 3. The van der Waals surface area contributed by atoms with Gasteiger partial charge in [0.15, 0.2) is 0 Å². The summed E-state index contributed by atoms with van der Waals surface area (Å²) in [5, 5.41) is 0.803. The Morgan fingerprint density at radius 3 is 3.06 bits per heavy atom. The molecular weight excluding hydrogens is 221 g/mol. The number of benzene rings is 1. The van der Waals surface area contributed by atoms with Crippen LogP contribution in [0.15, 0.2) is 36.5 Å². The predicted octanol–water partition coefficient (Wildman–Crippen LogP) is 2.81. The van der Waals surface area contributed by atoms with E-state index < -0.39 is 12.1 Å². The molecule has 0 fully saturated rings. The zero-order valence-electron chi connectivity index (χ0n) is 9.39. The smallest absolute Gasteiger partial charge is 0.345 e. The summed E-state index contributed by atoms with van der Waals surface area (Å²) < 4.78 is 18.4. The van der Waals surface area contributed by atoms with Gasteiger partial charge in [-0.3, -0.25) is 4.98 Å². The van der Waals surface area contributed by atoms with Crippen molar-refractivity contribution in [2.45, 2.75) is 13.1 Å². The monoisotopic (exact) mass is 233 g/mol. The van der Waals surface area contributed by atoms with Crippen LogP contribution in [0.2, 0.25) is 0 Å². The molecule has 0 amide bonds. The summed E-state index contributed by atoms with van der Waals surface area (Å²) in [6, 6.07) is 8.45. The Hall–Kier alpha value is -1.97. The van der Waals surface area contributed by atoms with E-state index in [9.17, 15) is 9.18 Å². The van der Waals surface area contributed by atoms with Crippen LogP contribution in [-0.4, -0.2) is 17.6 Å². The molecule has 0 aliphatic heterocycles. The van der Waals surface area contributed by atoms with Crippen molar-refractivity contribution >= 4 is 16.9 Å². The van der Waals surface area contributed by atoms with Crippen molar-refractivity contribution in [3.63, 3.8) is 0 Å². The minimum Gasteiger partial charge on any atom is -0.464 e. The van der Waals surface area contributed by atoms with Crippen molar-refractivity contribution in [2.75, 3.05) is 6.61 Å². The molecule has 0 saturated heterocycles. The third kappa shape index (κ3) is 2.41. The average molecular weight is 233 g/mol. The van der Waals surface area contributed by atoms with Gasteiger partial charge in [-0.15, -0.1) is 0 Å². The van der Waals surface area contributed by atoms with Gasteiger partial charge in [-0.25, -0.2) is 9.18 Å². The van der Waals surface area contributed by atoms with Crippen molar-refractivity contribution in [3.8, 4) is 0 Å². The van der Waals surface area contributed by atoms with Gasteiger partial charge in [0.25, 0.3) is 0 Å². The van der Waals surface area contributed by atoms with E-state index >= 15 is 0 Å². The molecular formula is C13H12FNO2. The highest BCUT2D eigenvalue weighted by molar-refractivity contribution is 5.82. The van der Waals surface area contributed by atoms with Gasteiger partial charge in [0.2, 0.25) is 6.17 Å². The van der Waals surface area contributed by atoms with Gasteiger partial charge in [-0.05, 0) is 30.7 Å². The van der Waals surface area contributed by atoms with E-state index in [0.29, 0.717) is 5.56 Å². The molecule has 0 saturated carbocycles. The Bertz CT molecular complexity index is 542. The maximum absolute atomic E-state index is 13.7. The molecule has 3 nitrogen and oxygen atoms in total. The van der Waals surface area contributed by atoms with Crippen molar-refractivity contribution in [1.82, 2.24) is 4.98 Å². The first-order chi connectivity index (χ1) is 8.22. The predicted molar refractivity (Wildman–Crippen MR) is 62.2 cm³/mol. The maximum atomic E-state index is 13.7. The van der Waals surface area contributed by atoms with Crippen LogP contribution in [0.3, 0.4) is 0 Å². The van der Waals surface area contributed by atoms with E-state index in [2.05, 4.69) is 9.72 Å². The number of esters is 1. The minimum absolute atomic E-state index is 0.175. The van der Waals surface area contributed by atoms with E-state index in [4.69, 9.17) is 0 Å². The molecule has 1 heterocycles. The fourth-order valence-electron chi connectivity index (χ4n) is 1.60. The zero-order chi connectivity index (χ0) is 12.3. The van der Waals surface area contributed by atoms with Crippen LogP contribution in [-0.2, 0) is 9.53 Å². The maximum Gasteiger partial charge on any atom is 0.345 e. The topological polar surface area (TPSA) is 39.2 Å². The molecule has 2 rings (SSSR count). The lowest BCUT2D eigenvalue weighted by molar-refractivity contribution is -0.149. The number of hydrogen-bond donors (Lipinski definition) is 0. The summed E-state index contributed by atoms with van der Waals surface area (Å²) in [6.45, 7) is 1.82. The molecule has 88 valence electrons. The summed E-state index contributed by atoms with van der Waals surface area (Å²) in [5.74, 6) is -0.851. The van der Waals surface area contributed by atoms with Gasteiger partial charge in [-0.1, -0.05) is 12.1 Å². The lowest BCUT2D eigenvalue weighted by Crippen LogP contribution is -2.11. The largest absolute Gasteiger partial charge is 0.464 e. The van der Waals surface area contributed by atoms with Gasteiger partial charge in [0, 0.05) is 11.6 Å². The normalized spacial score (nSPS) is 12.4. The van der Waals surface area contributed by atoms with Gasteiger partial charge < -0.3 is 4.74 Å². The van der Waals surface area contributed by atoms with Crippen LogP contribution in [0.5, 0.6) is 0 Å². The van der Waals surface area contributed by atoms with E-state index in [1.807, 2.05) is 6.07 Å². The Labute approximate surface area is 98.2 Å². The van der Waals surface area contributed by atoms with Crippen LogP contribution in [0.25, 0.3) is 10.9 Å². The summed E-state index contributed by atoms with van der Waals surface area (Å²) in [5.41, 5.74) is 1.07. The van der Waals surface area contributed by atoms with Crippen LogP contribution >= 0.6 is 0 Å². The quantitative estimate of drug-likeness (QED) is 0.765. The third-order valence-electron chi connectivity index (χ3n) is 2.41. The molecule has 2 aromatic rings. The van der Waals surface area contributed by atoms with E-state index in [-0.39, 0.29) is 6.61 Å². The number of rotatable bonds is 3. The molecule has 1 atom stereocenters. The van der Waals surface area contributed by atoms with Crippen molar-refractivity contribution in [1.29, 1.82) is 0 Å². The number of alkyl halides is 1. The molecule has 0 N–H and O–H groups in total. The third-order valence-corrected chi connectivity index (χ3v) is 2.41. The van der Waals surface area contributed by atoms with Crippen molar-refractivity contribution < 1.29 is 13.9 Å². The molecule has 0 radical (unpaired) electrons. The summed E-state index contributed by atoms with van der Waals surface area (Å²) in [4.78, 5) is 15.4. The number of carbonyl (C=O) groups is 1. The van der Waals surface area contributed by atoms with Crippen molar-refractivity contribution in [3.05, 3.63) is 42.1 Å². The van der Waals surface area contributed by atoms with Crippen LogP contribution < -0.4 is 0 Å². The summed E-state index contributed by atoms with van der Waals surface area (Å²) in [6.07, 6.45) is -0.0696. The molecule has 1 aromatic carbocycles. The Balaban J connectivity index is 2.32. The van der Waals surface area contributed by atoms with Crippen LogP contribution in [0.1, 0.15) is 18.7 Å². The highest BCUT2D eigenvalue weighted by Gasteiger charge is 2.20. The fraction of sp³-hybridized carbons (Fsp3) is 0.231. The van der Waals surface area contributed by atoms with Gasteiger partial charge in [0.1, 0.15) is 0 Å². The number of halogens is 1. The highest BCUT2D eigenvalue weighted by atomic mass is 19.1. The summed E-state index contributed by atoms with van der Waals surface area (Å²) >= 11 is 0. The van der Waals surface area contributed by atoms with E-state index in [1.54, 1.807) is 37.4 Å². The lowest BCUT2D eigenvalue weighted by atomic mass is 10.1. The molecule has 1 aromatic heterocycles. The second kappa shape index (κ2) is 4.91. The molecule has 0 aliphatic rings. The molecule has 0 spiro atoms. The van der Waals surface area contributed by atoms with Gasteiger partial charge >= 0.3 is 5.97 Å². The molecule has 0 bridgehead atoms. The Morgan fingerprint density at radius 1 is 1.47 bits per heavy atom. The first kappa shape index (κ1) is 11.5. The number of carbonyl (C=O) groups excluding carboxylic acids is 1. The van der Waals surface area contributed by atoms with Crippen molar-refractivity contribution in [2.24, 2.45) is 0 Å². The SMILES string of the molecule is CCOC(=O)C(F)c1ccc2ncccc2c1. The van der Waals surface area contributed by atoms with Gasteiger partial charge in [0.05, 0.1) is 12.1 Å². The van der Waals surface area contributed by atoms with E-state index in [1.165, 1.54) is 0 Å². The van der Waals surface area contributed by atoms with Gasteiger partial charge in [-0.2, -0.15) is 0 Å². The first-order valence-electron chi connectivity index (χ1n) is 5.37. The second-order valence-electron chi connectivity index (χ2n) is 3.57. The first-order valence-corrected chi connectivity index (χ1v) is 5.37. The molecule has 17 heavy (non-hydrogen) atoms. The number of aromatic nitrogens is 1. The second-order valence-corrected chi connectivity index (χ2v) is 3.57. The number of nitrogens with zero attached hydrogens (tertiary/aromatic N) is 1. The molecule has 4 heteroatoms. The Morgan fingerprint density at radius 2 is 2.29 bits per heavy atom. The fourth-order valence-corrected chi connectivity index (χ4v) is 1.60. The van der Waals surface area contributed by atoms with Crippen LogP contribution in [0.4, 0.5) is 4.39 Å². The van der Waals surface area contributed by atoms with Crippen LogP contribution in [0, 0.1) is 0 Å².